The number of thiophene rings is 1. The molecule has 2 aromatic rings. The molecule has 1 aromatic carbocycles. The van der Waals surface area contributed by atoms with Gasteiger partial charge in [0.1, 0.15) is 11.6 Å². The molecule has 0 bridgehead atoms. The molecular weight excluding hydrogens is 307 g/mol. The molecule has 0 radical (unpaired) electrons. The van der Waals surface area contributed by atoms with Gasteiger partial charge < -0.3 is 4.74 Å². The van der Waals surface area contributed by atoms with Crippen molar-refractivity contribution < 1.29 is 13.9 Å². The van der Waals surface area contributed by atoms with E-state index in [1.54, 1.807) is 18.2 Å². The van der Waals surface area contributed by atoms with Gasteiger partial charge in [-0.15, -0.1) is 11.3 Å². The van der Waals surface area contributed by atoms with Gasteiger partial charge >= 0.3 is 0 Å². The van der Waals surface area contributed by atoms with Crippen molar-refractivity contribution in [2.24, 2.45) is 0 Å². The number of ether oxygens (including phenoxy) is 1. The minimum absolute atomic E-state index is 0.0947. The quantitative estimate of drug-likeness (QED) is 0.800. The van der Waals surface area contributed by atoms with Crippen LogP contribution in [0.25, 0.3) is 0 Å². The first-order chi connectivity index (χ1) is 8.16. The summed E-state index contributed by atoms with van der Waals surface area (Å²) in [4.78, 5) is 12.3. The van der Waals surface area contributed by atoms with Crippen molar-refractivity contribution in [3.8, 4) is 5.75 Å². The fourth-order valence-electron chi connectivity index (χ4n) is 1.24. The number of carbonyl (C=O) groups excluding carboxylic acids is 1. The normalized spacial score (nSPS) is 10.2. The van der Waals surface area contributed by atoms with E-state index in [1.807, 2.05) is 5.38 Å². The van der Waals surface area contributed by atoms with Crippen LogP contribution in [-0.4, -0.2) is 12.4 Å². The number of carbonyl (C=O) groups is 1. The summed E-state index contributed by atoms with van der Waals surface area (Å²) in [6.07, 6.45) is 0. The Kier molecular flexibility index (Phi) is 3.91. The maximum Gasteiger partial charge on any atom is 0.210 e. The molecule has 2 rings (SSSR count). The molecule has 0 N–H and O–H groups in total. The predicted molar refractivity (Wildman–Crippen MR) is 68.2 cm³/mol. The van der Waals surface area contributed by atoms with Crippen LogP contribution in [0.2, 0.25) is 0 Å². The molecule has 2 nitrogen and oxygen atoms in total. The second kappa shape index (κ2) is 5.42. The molecule has 5 heteroatoms. The molecule has 0 atom stereocenters. The second-order valence-electron chi connectivity index (χ2n) is 3.26. The lowest BCUT2D eigenvalue weighted by atomic mass is 10.3. The molecule has 88 valence electrons. The summed E-state index contributed by atoms with van der Waals surface area (Å²) in [5, 5.41) is 1.82. The van der Waals surface area contributed by atoms with Crippen LogP contribution in [0.1, 0.15) is 9.67 Å². The predicted octanol–water partition coefficient (Wildman–Crippen LogP) is 3.91. The lowest BCUT2D eigenvalue weighted by molar-refractivity contribution is 0.0925. The van der Waals surface area contributed by atoms with Crippen LogP contribution in [0.15, 0.2) is 40.2 Å². The highest BCUT2D eigenvalue weighted by atomic mass is 79.9. The van der Waals surface area contributed by atoms with Crippen molar-refractivity contribution >= 4 is 33.0 Å². The van der Waals surface area contributed by atoms with Gasteiger partial charge in [0, 0.05) is 6.07 Å². The Morgan fingerprint density at radius 3 is 2.94 bits per heavy atom. The van der Waals surface area contributed by atoms with Crippen LogP contribution >= 0.6 is 27.3 Å². The molecule has 0 fully saturated rings. The standard InChI is InChI=1S/C12H8BrFO2S/c13-9-4-3-8(14)6-11(9)16-7-10(15)12-2-1-5-17-12/h1-6H,7H2. The lowest BCUT2D eigenvalue weighted by Crippen LogP contribution is -2.10. The van der Waals surface area contributed by atoms with Gasteiger partial charge in [0.05, 0.1) is 9.35 Å². The summed E-state index contributed by atoms with van der Waals surface area (Å²) in [5.74, 6) is -0.183. The molecule has 17 heavy (non-hydrogen) atoms. The smallest absolute Gasteiger partial charge is 0.210 e. The molecule has 0 spiro atoms. The number of hydrogen-bond donors (Lipinski definition) is 0. The van der Waals surface area contributed by atoms with Gasteiger partial charge in [-0.2, -0.15) is 0 Å². The SMILES string of the molecule is O=C(COc1cc(F)ccc1Br)c1cccs1. The highest BCUT2D eigenvalue weighted by Gasteiger charge is 2.09. The maximum atomic E-state index is 13.0. The van der Waals surface area contributed by atoms with E-state index in [0.29, 0.717) is 15.1 Å². The molecule has 0 unspecified atom stereocenters. The Morgan fingerprint density at radius 1 is 1.41 bits per heavy atom. The van der Waals surface area contributed by atoms with Gasteiger partial charge in [0.25, 0.3) is 0 Å². The second-order valence-corrected chi connectivity index (χ2v) is 5.07. The van der Waals surface area contributed by atoms with Crippen LogP contribution in [0.3, 0.4) is 0 Å². The third-order valence-electron chi connectivity index (χ3n) is 2.05. The fourth-order valence-corrected chi connectivity index (χ4v) is 2.25. The Morgan fingerprint density at radius 2 is 2.24 bits per heavy atom. The minimum Gasteiger partial charge on any atom is -0.484 e. The first-order valence-corrected chi connectivity index (χ1v) is 6.48. The minimum atomic E-state index is -0.397. The van der Waals surface area contributed by atoms with E-state index in [2.05, 4.69) is 15.9 Å². The van der Waals surface area contributed by atoms with E-state index in [-0.39, 0.29) is 12.4 Å². The van der Waals surface area contributed by atoms with E-state index >= 15 is 0 Å². The average Bonchev–Trinajstić information content (AvgIpc) is 2.83. The Labute approximate surface area is 110 Å². The van der Waals surface area contributed by atoms with Crippen molar-refractivity contribution in [1.82, 2.24) is 0 Å². The van der Waals surface area contributed by atoms with E-state index in [0.717, 1.165) is 0 Å². The molecule has 1 heterocycles. The van der Waals surface area contributed by atoms with Crippen LogP contribution in [-0.2, 0) is 0 Å². The zero-order valence-corrected chi connectivity index (χ0v) is 11.1. The molecule has 0 aliphatic heterocycles. The molecule has 0 aliphatic rings. The van der Waals surface area contributed by atoms with E-state index in [1.165, 1.54) is 23.5 Å². The largest absolute Gasteiger partial charge is 0.484 e. The lowest BCUT2D eigenvalue weighted by Gasteiger charge is -2.06. The third-order valence-corrected chi connectivity index (χ3v) is 3.61. The zero-order valence-electron chi connectivity index (χ0n) is 8.65. The van der Waals surface area contributed by atoms with Gasteiger partial charge in [0.2, 0.25) is 5.78 Å². The van der Waals surface area contributed by atoms with Crippen molar-refractivity contribution in [2.45, 2.75) is 0 Å². The highest BCUT2D eigenvalue weighted by Crippen LogP contribution is 2.25. The van der Waals surface area contributed by atoms with Crippen molar-refractivity contribution in [1.29, 1.82) is 0 Å². The molecule has 0 saturated heterocycles. The van der Waals surface area contributed by atoms with Gasteiger partial charge in [-0.3, -0.25) is 4.79 Å². The number of rotatable bonds is 4. The van der Waals surface area contributed by atoms with Gasteiger partial charge in [-0.25, -0.2) is 4.39 Å². The molecule has 0 amide bonds. The third kappa shape index (κ3) is 3.14. The summed E-state index contributed by atoms with van der Waals surface area (Å²) >= 11 is 4.59. The molecule has 0 aliphatic carbocycles. The topological polar surface area (TPSA) is 26.3 Å². The van der Waals surface area contributed by atoms with Crippen molar-refractivity contribution in [3.05, 3.63) is 50.9 Å². The van der Waals surface area contributed by atoms with Crippen molar-refractivity contribution in [2.75, 3.05) is 6.61 Å². The van der Waals surface area contributed by atoms with Crippen LogP contribution in [0.5, 0.6) is 5.75 Å². The first-order valence-electron chi connectivity index (χ1n) is 4.81. The Balaban J connectivity index is 2.03. The maximum absolute atomic E-state index is 13.0. The van der Waals surface area contributed by atoms with E-state index in [9.17, 15) is 9.18 Å². The Bertz CT molecular complexity index is 525. The van der Waals surface area contributed by atoms with E-state index in [4.69, 9.17) is 4.74 Å². The molecule has 0 saturated carbocycles. The van der Waals surface area contributed by atoms with Gasteiger partial charge in [-0.1, -0.05) is 6.07 Å². The van der Waals surface area contributed by atoms with Crippen molar-refractivity contribution in [3.63, 3.8) is 0 Å². The Hall–Kier alpha value is -1.20. The monoisotopic (exact) mass is 314 g/mol. The molecule has 1 aromatic heterocycles. The summed E-state index contributed by atoms with van der Waals surface area (Å²) in [5.41, 5.74) is 0. The van der Waals surface area contributed by atoms with Crippen LogP contribution < -0.4 is 4.74 Å². The highest BCUT2D eigenvalue weighted by molar-refractivity contribution is 9.10. The number of Topliss-reactive ketones (excluding diaryl/α,β-unsaturated/α-hetero) is 1. The number of halogens is 2. The van der Waals surface area contributed by atoms with Gasteiger partial charge in [-0.05, 0) is 39.5 Å². The summed E-state index contributed by atoms with van der Waals surface area (Å²) in [7, 11) is 0. The zero-order chi connectivity index (χ0) is 12.3. The molecular formula is C12H8BrFO2S. The van der Waals surface area contributed by atoms with Gasteiger partial charge in [0.15, 0.2) is 6.61 Å². The first kappa shape index (κ1) is 12.3. The number of benzene rings is 1. The number of hydrogen-bond acceptors (Lipinski definition) is 3. The van der Waals surface area contributed by atoms with E-state index < -0.39 is 5.82 Å². The average molecular weight is 315 g/mol. The summed E-state index contributed by atoms with van der Waals surface area (Å²) in [6.45, 7) is -0.0947. The summed E-state index contributed by atoms with van der Waals surface area (Å²) < 4.78 is 18.9. The number of ketones is 1. The van der Waals surface area contributed by atoms with Crippen LogP contribution in [0.4, 0.5) is 4.39 Å². The summed E-state index contributed by atoms with van der Waals surface area (Å²) in [6, 6.07) is 7.64. The fraction of sp³-hybridized carbons (Fsp3) is 0.0833. The van der Waals surface area contributed by atoms with Crippen LogP contribution in [0, 0.1) is 5.82 Å².